The average Bonchev–Trinajstić information content (AvgIpc) is 2.32. The third kappa shape index (κ3) is 1.09. The van der Waals surface area contributed by atoms with Crippen LogP contribution >= 0.6 is 22.6 Å². The molecule has 0 saturated heterocycles. The van der Waals surface area contributed by atoms with Crippen molar-refractivity contribution in [1.82, 2.24) is 0 Å². The maximum Gasteiger partial charge on any atom is 0.161 e. The van der Waals surface area contributed by atoms with Crippen molar-refractivity contribution in [3.05, 3.63) is 28.0 Å². The smallest absolute Gasteiger partial charge is 0.161 e. The summed E-state index contributed by atoms with van der Waals surface area (Å²) in [6, 6.07) is 5.66. The highest BCUT2D eigenvalue weighted by Crippen LogP contribution is 2.27. The van der Waals surface area contributed by atoms with E-state index in [1.54, 1.807) is 0 Å². The maximum atomic E-state index is 9.21. The van der Waals surface area contributed by atoms with E-state index in [0.29, 0.717) is 0 Å². The van der Waals surface area contributed by atoms with E-state index in [0.717, 1.165) is 14.5 Å². The molecule has 0 fully saturated rings. The molecule has 1 aromatic heterocycles. The van der Waals surface area contributed by atoms with Crippen LogP contribution in [-0.2, 0) is 0 Å². The van der Waals surface area contributed by atoms with Crippen molar-refractivity contribution in [2.75, 3.05) is 0 Å². The van der Waals surface area contributed by atoms with E-state index in [4.69, 9.17) is 4.42 Å². The average molecular weight is 260 g/mol. The highest BCUT2D eigenvalue weighted by molar-refractivity contribution is 14.1. The Labute approximate surface area is 77.0 Å². The molecule has 11 heavy (non-hydrogen) atoms. The molecule has 0 aliphatic carbocycles. The molecule has 0 spiro atoms. The first-order valence-electron chi connectivity index (χ1n) is 3.13. The standard InChI is InChI=1S/C8H5IO2/c9-5-1-2-6-7(10)4-11-8(6)3-5/h1-4,10H. The Morgan fingerprint density at radius 3 is 3.00 bits per heavy atom. The zero-order valence-corrected chi connectivity index (χ0v) is 7.70. The minimum atomic E-state index is 0.205. The monoisotopic (exact) mass is 260 g/mol. The number of hydrogen-bond donors (Lipinski definition) is 1. The summed E-state index contributed by atoms with van der Waals surface area (Å²) >= 11 is 2.20. The van der Waals surface area contributed by atoms with Crippen LogP contribution in [0.25, 0.3) is 11.0 Å². The summed E-state index contributed by atoms with van der Waals surface area (Å²) in [5.41, 5.74) is 0.731. The topological polar surface area (TPSA) is 33.4 Å². The van der Waals surface area contributed by atoms with Crippen LogP contribution in [0.15, 0.2) is 28.9 Å². The first-order chi connectivity index (χ1) is 5.27. The molecule has 1 N–H and O–H groups in total. The number of furan rings is 1. The summed E-state index contributed by atoms with van der Waals surface area (Å²) in [7, 11) is 0. The minimum Gasteiger partial charge on any atom is -0.504 e. The summed E-state index contributed by atoms with van der Waals surface area (Å²) < 4.78 is 6.18. The van der Waals surface area contributed by atoms with Gasteiger partial charge in [-0.15, -0.1) is 0 Å². The molecular formula is C8H5IO2. The molecule has 2 aromatic rings. The minimum absolute atomic E-state index is 0.205. The maximum absolute atomic E-state index is 9.21. The molecule has 0 saturated carbocycles. The molecule has 0 atom stereocenters. The van der Waals surface area contributed by atoms with Gasteiger partial charge in [0.25, 0.3) is 0 Å². The van der Waals surface area contributed by atoms with Gasteiger partial charge >= 0.3 is 0 Å². The molecule has 0 amide bonds. The quantitative estimate of drug-likeness (QED) is 0.739. The fraction of sp³-hybridized carbons (Fsp3) is 0. The number of fused-ring (bicyclic) bond motifs is 1. The van der Waals surface area contributed by atoms with Gasteiger partial charge in [-0.25, -0.2) is 0 Å². The van der Waals surface area contributed by atoms with Crippen LogP contribution in [-0.4, -0.2) is 5.11 Å². The Kier molecular flexibility index (Phi) is 1.52. The van der Waals surface area contributed by atoms with Crippen molar-refractivity contribution in [2.45, 2.75) is 0 Å². The molecule has 3 heteroatoms. The molecule has 0 bridgehead atoms. The SMILES string of the molecule is Oc1coc2cc(I)ccc12. The molecule has 0 radical (unpaired) electrons. The van der Waals surface area contributed by atoms with Gasteiger partial charge in [0.2, 0.25) is 0 Å². The number of hydrogen-bond acceptors (Lipinski definition) is 2. The third-order valence-electron chi connectivity index (χ3n) is 1.52. The molecule has 0 aliphatic rings. The van der Waals surface area contributed by atoms with Gasteiger partial charge < -0.3 is 9.52 Å². The van der Waals surface area contributed by atoms with Crippen LogP contribution in [0, 0.1) is 3.57 Å². The molecule has 2 nitrogen and oxygen atoms in total. The Morgan fingerprint density at radius 2 is 2.18 bits per heavy atom. The molecule has 56 valence electrons. The summed E-state index contributed by atoms with van der Waals surface area (Å²) in [4.78, 5) is 0. The summed E-state index contributed by atoms with van der Waals surface area (Å²) in [5, 5.41) is 9.97. The van der Waals surface area contributed by atoms with Crippen LogP contribution in [0.3, 0.4) is 0 Å². The third-order valence-corrected chi connectivity index (χ3v) is 2.19. The van der Waals surface area contributed by atoms with Gasteiger partial charge in [-0.1, -0.05) is 0 Å². The van der Waals surface area contributed by atoms with Crippen molar-refractivity contribution in [2.24, 2.45) is 0 Å². The molecule has 0 aliphatic heterocycles. The van der Waals surface area contributed by atoms with Crippen LogP contribution in [0.4, 0.5) is 0 Å². The Hall–Kier alpha value is -0.710. The number of halogens is 1. The van der Waals surface area contributed by atoms with E-state index in [9.17, 15) is 5.11 Å². The van der Waals surface area contributed by atoms with Gasteiger partial charge in [-0.05, 0) is 40.8 Å². The second kappa shape index (κ2) is 2.41. The first kappa shape index (κ1) is 6.97. The lowest BCUT2D eigenvalue weighted by Gasteiger charge is -1.88. The second-order valence-electron chi connectivity index (χ2n) is 2.26. The first-order valence-corrected chi connectivity index (χ1v) is 4.21. The molecule has 0 unspecified atom stereocenters. The van der Waals surface area contributed by atoms with Crippen LogP contribution in [0.2, 0.25) is 0 Å². The summed E-state index contributed by atoms with van der Waals surface area (Å²) in [5.74, 6) is 0.205. The van der Waals surface area contributed by atoms with Crippen molar-refractivity contribution < 1.29 is 9.52 Å². The molecule has 1 heterocycles. The highest BCUT2D eigenvalue weighted by atomic mass is 127. The van der Waals surface area contributed by atoms with E-state index in [1.807, 2.05) is 18.2 Å². The molecule has 2 rings (SSSR count). The second-order valence-corrected chi connectivity index (χ2v) is 3.51. The zero-order valence-electron chi connectivity index (χ0n) is 5.54. The van der Waals surface area contributed by atoms with Crippen LogP contribution < -0.4 is 0 Å². The predicted molar refractivity (Wildman–Crippen MR) is 50.6 cm³/mol. The van der Waals surface area contributed by atoms with Crippen LogP contribution in [0.5, 0.6) is 5.75 Å². The van der Waals surface area contributed by atoms with Gasteiger partial charge in [0.1, 0.15) is 11.8 Å². The van der Waals surface area contributed by atoms with Crippen molar-refractivity contribution in [3.63, 3.8) is 0 Å². The number of rotatable bonds is 0. The summed E-state index contributed by atoms with van der Waals surface area (Å²) in [6.45, 7) is 0. The van der Waals surface area contributed by atoms with Gasteiger partial charge in [0.15, 0.2) is 5.75 Å². The van der Waals surface area contributed by atoms with E-state index < -0.39 is 0 Å². The fourth-order valence-corrected chi connectivity index (χ4v) is 1.45. The normalized spacial score (nSPS) is 10.6. The lowest BCUT2D eigenvalue weighted by Crippen LogP contribution is -1.68. The van der Waals surface area contributed by atoms with Crippen molar-refractivity contribution in [3.8, 4) is 5.75 Å². The van der Waals surface area contributed by atoms with Gasteiger partial charge in [0, 0.05) is 3.57 Å². The lowest BCUT2D eigenvalue weighted by molar-refractivity contribution is 0.464. The van der Waals surface area contributed by atoms with E-state index >= 15 is 0 Å². The predicted octanol–water partition coefficient (Wildman–Crippen LogP) is 2.74. The molecule has 1 aromatic carbocycles. The zero-order chi connectivity index (χ0) is 7.84. The van der Waals surface area contributed by atoms with Crippen molar-refractivity contribution in [1.29, 1.82) is 0 Å². The van der Waals surface area contributed by atoms with E-state index in [1.165, 1.54) is 6.26 Å². The lowest BCUT2D eigenvalue weighted by atomic mass is 10.2. The summed E-state index contributed by atoms with van der Waals surface area (Å²) in [6.07, 6.45) is 1.35. The highest BCUT2D eigenvalue weighted by Gasteiger charge is 2.02. The fourth-order valence-electron chi connectivity index (χ4n) is 0.988. The largest absolute Gasteiger partial charge is 0.504 e. The Morgan fingerprint density at radius 1 is 1.36 bits per heavy atom. The number of benzene rings is 1. The van der Waals surface area contributed by atoms with Gasteiger partial charge in [-0.2, -0.15) is 0 Å². The Bertz CT molecular complexity index is 392. The van der Waals surface area contributed by atoms with Crippen LogP contribution in [0.1, 0.15) is 0 Å². The van der Waals surface area contributed by atoms with Crippen molar-refractivity contribution >= 4 is 33.6 Å². The number of aromatic hydroxyl groups is 1. The Balaban J connectivity index is 2.86. The van der Waals surface area contributed by atoms with Gasteiger partial charge in [-0.3, -0.25) is 0 Å². The van der Waals surface area contributed by atoms with Gasteiger partial charge in [0.05, 0.1) is 5.39 Å². The van der Waals surface area contributed by atoms with E-state index in [2.05, 4.69) is 22.6 Å². The molecular weight excluding hydrogens is 255 g/mol. The van der Waals surface area contributed by atoms with E-state index in [-0.39, 0.29) is 5.75 Å².